The zero-order chi connectivity index (χ0) is 16.7. The molecule has 23 heavy (non-hydrogen) atoms. The van der Waals surface area contributed by atoms with E-state index in [1.807, 2.05) is 43.3 Å². The Morgan fingerprint density at radius 2 is 2.13 bits per heavy atom. The first-order chi connectivity index (χ1) is 11.1. The maximum Gasteiger partial charge on any atom is 0.330 e. The Morgan fingerprint density at radius 1 is 1.39 bits per heavy atom. The lowest BCUT2D eigenvalue weighted by Gasteiger charge is -2.15. The third kappa shape index (κ3) is 5.03. The molecule has 1 saturated carbocycles. The third-order valence-corrected chi connectivity index (χ3v) is 4.32. The van der Waals surface area contributed by atoms with Crippen molar-refractivity contribution in [1.29, 1.82) is 0 Å². The second-order valence-electron chi connectivity index (χ2n) is 6.21. The summed E-state index contributed by atoms with van der Waals surface area (Å²) in [6.45, 7) is 5.09. The van der Waals surface area contributed by atoms with E-state index < -0.39 is 0 Å². The van der Waals surface area contributed by atoms with Crippen LogP contribution in [0.1, 0.15) is 25.8 Å². The standard InChI is InChI=1S/C19H24O4/c1-3-23-18(21)10-9-16(17-11-19(17,2)14-20)13-22-12-15-7-5-4-6-8-15/h4-10,14,16-17H,3,11-13H2,1-2H3/b10-9+/t16-,17+,19-/m1/s1. The molecule has 0 N–H and O–H groups in total. The van der Waals surface area contributed by atoms with Crippen LogP contribution >= 0.6 is 0 Å². The van der Waals surface area contributed by atoms with Crippen LogP contribution in [0.5, 0.6) is 0 Å². The SMILES string of the molecule is CCOC(=O)/C=C/[C@H](COCc1ccccc1)[C@@H]1C[C@]1(C)C=O. The smallest absolute Gasteiger partial charge is 0.330 e. The highest BCUT2D eigenvalue weighted by atomic mass is 16.5. The summed E-state index contributed by atoms with van der Waals surface area (Å²) in [7, 11) is 0. The monoisotopic (exact) mass is 316 g/mol. The summed E-state index contributed by atoms with van der Waals surface area (Å²) in [5.41, 5.74) is 0.814. The van der Waals surface area contributed by atoms with E-state index in [1.54, 1.807) is 6.92 Å². The molecule has 1 aromatic carbocycles. The molecule has 0 radical (unpaired) electrons. The number of carbonyl (C=O) groups is 2. The number of rotatable bonds is 9. The number of hydrogen-bond donors (Lipinski definition) is 0. The average molecular weight is 316 g/mol. The van der Waals surface area contributed by atoms with Gasteiger partial charge in [-0.25, -0.2) is 4.79 Å². The lowest BCUT2D eigenvalue weighted by Crippen LogP contribution is -2.15. The fraction of sp³-hybridized carbons (Fsp3) is 0.474. The van der Waals surface area contributed by atoms with Crippen molar-refractivity contribution in [3.05, 3.63) is 48.0 Å². The van der Waals surface area contributed by atoms with Crippen molar-refractivity contribution in [3.8, 4) is 0 Å². The van der Waals surface area contributed by atoms with Gasteiger partial charge in [0, 0.05) is 17.4 Å². The van der Waals surface area contributed by atoms with Crippen LogP contribution in [0, 0.1) is 17.3 Å². The molecule has 0 aliphatic heterocycles. The Labute approximate surface area is 137 Å². The zero-order valence-corrected chi connectivity index (χ0v) is 13.7. The summed E-state index contributed by atoms with van der Waals surface area (Å²) in [6, 6.07) is 9.93. The molecule has 0 saturated heterocycles. The van der Waals surface area contributed by atoms with Crippen molar-refractivity contribution in [2.24, 2.45) is 17.3 Å². The summed E-state index contributed by atoms with van der Waals surface area (Å²) < 4.78 is 10.7. The number of carbonyl (C=O) groups excluding carboxylic acids is 2. The van der Waals surface area contributed by atoms with Crippen LogP contribution in [-0.4, -0.2) is 25.5 Å². The number of hydrogen-bond acceptors (Lipinski definition) is 4. The highest BCUT2D eigenvalue weighted by Crippen LogP contribution is 2.55. The third-order valence-electron chi connectivity index (χ3n) is 4.32. The second kappa shape index (κ2) is 8.06. The minimum atomic E-state index is -0.353. The summed E-state index contributed by atoms with van der Waals surface area (Å²) in [5, 5.41) is 0. The molecular formula is C19H24O4. The molecule has 0 amide bonds. The number of ether oxygens (including phenoxy) is 2. The van der Waals surface area contributed by atoms with E-state index in [0.717, 1.165) is 18.3 Å². The molecule has 2 rings (SSSR count). The van der Waals surface area contributed by atoms with Crippen molar-refractivity contribution in [3.63, 3.8) is 0 Å². The van der Waals surface area contributed by atoms with Gasteiger partial charge in [-0.05, 0) is 24.8 Å². The molecule has 0 bridgehead atoms. The average Bonchev–Trinajstić information content (AvgIpc) is 3.24. The van der Waals surface area contributed by atoms with Crippen molar-refractivity contribution in [1.82, 2.24) is 0 Å². The molecule has 1 aliphatic carbocycles. The van der Waals surface area contributed by atoms with Gasteiger partial charge in [0.25, 0.3) is 0 Å². The van der Waals surface area contributed by atoms with E-state index in [4.69, 9.17) is 9.47 Å². The molecule has 1 aliphatic rings. The zero-order valence-electron chi connectivity index (χ0n) is 13.7. The van der Waals surface area contributed by atoms with Gasteiger partial charge in [0.15, 0.2) is 0 Å². The maximum atomic E-state index is 11.5. The van der Waals surface area contributed by atoms with Crippen LogP contribution in [0.2, 0.25) is 0 Å². The summed E-state index contributed by atoms with van der Waals surface area (Å²) in [5.74, 6) is -0.0891. The van der Waals surface area contributed by atoms with Gasteiger partial charge in [-0.2, -0.15) is 0 Å². The van der Waals surface area contributed by atoms with Gasteiger partial charge in [0.2, 0.25) is 0 Å². The van der Waals surface area contributed by atoms with Crippen LogP contribution in [0.3, 0.4) is 0 Å². The number of benzene rings is 1. The van der Waals surface area contributed by atoms with Crippen molar-refractivity contribution < 1.29 is 19.1 Å². The minimum Gasteiger partial charge on any atom is -0.463 e. The lowest BCUT2D eigenvalue weighted by molar-refractivity contribution is -0.137. The van der Waals surface area contributed by atoms with Gasteiger partial charge in [0.05, 0.1) is 19.8 Å². The van der Waals surface area contributed by atoms with E-state index in [0.29, 0.717) is 19.8 Å². The molecule has 3 atom stereocenters. The largest absolute Gasteiger partial charge is 0.463 e. The minimum absolute atomic E-state index is 0.0401. The lowest BCUT2D eigenvalue weighted by atomic mass is 9.97. The Kier molecular flexibility index (Phi) is 6.11. The summed E-state index contributed by atoms with van der Waals surface area (Å²) in [6.07, 6.45) is 5.12. The number of aldehydes is 1. The molecule has 1 aromatic rings. The van der Waals surface area contributed by atoms with E-state index >= 15 is 0 Å². The van der Waals surface area contributed by atoms with Gasteiger partial charge in [-0.15, -0.1) is 0 Å². The Bertz CT molecular complexity index is 552. The van der Waals surface area contributed by atoms with Crippen LogP contribution in [-0.2, 0) is 25.7 Å². The van der Waals surface area contributed by atoms with Gasteiger partial charge in [-0.3, -0.25) is 0 Å². The van der Waals surface area contributed by atoms with Gasteiger partial charge >= 0.3 is 5.97 Å². The quantitative estimate of drug-likeness (QED) is 0.399. The Hall–Kier alpha value is -1.94. The van der Waals surface area contributed by atoms with Crippen LogP contribution in [0.4, 0.5) is 0 Å². The predicted molar refractivity (Wildman–Crippen MR) is 87.6 cm³/mol. The van der Waals surface area contributed by atoms with Crippen molar-refractivity contribution >= 4 is 12.3 Å². The summed E-state index contributed by atoms with van der Waals surface area (Å²) >= 11 is 0. The van der Waals surface area contributed by atoms with Crippen molar-refractivity contribution in [2.45, 2.75) is 26.9 Å². The molecule has 0 aromatic heterocycles. The van der Waals surface area contributed by atoms with E-state index in [1.165, 1.54) is 6.08 Å². The van der Waals surface area contributed by atoms with E-state index in [-0.39, 0.29) is 23.2 Å². The maximum absolute atomic E-state index is 11.5. The molecular weight excluding hydrogens is 292 g/mol. The first kappa shape index (κ1) is 17.4. The van der Waals surface area contributed by atoms with Crippen LogP contribution in [0.25, 0.3) is 0 Å². The molecule has 0 heterocycles. The Morgan fingerprint density at radius 3 is 2.74 bits per heavy atom. The molecule has 0 unspecified atom stereocenters. The topological polar surface area (TPSA) is 52.6 Å². The summed E-state index contributed by atoms with van der Waals surface area (Å²) in [4.78, 5) is 22.7. The first-order valence-electron chi connectivity index (χ1n) is 8.02. The van der Waals surface area contributed by atoms with Gasteiger partial charge in [0.1, 0.15) is 6.29 Å². The van der Waals surface area contributed by atoms with Gasteiger partial charge in [-0.1, -0.05) is 43.3 Å². The molecule has 4 heteroatoms. The highest BCUT2D eigenvalue weighted by molar-refractivity contribution is 5.82. The predicted octanol–water partition coefficient (Wildman–Crippen LogP) is 3.16. The highest BCUT2D eigenvalue weighted by Gasteiger charge is 2.53. The van der Waals surface area contributed by atoms with E-state index in [2.05, 4.69) is 0 Å². The molecule has 1 fully saturated rings. The molecule has 0 spiro atoms. The molecule has 124 valence electrons. The number of esters is 1. The van der Waals surface area contributed by atoms with E-state index in [9.17, 15) is 9.59 Å². The van der Waals surface area contributed by atoms with Gasteiger partial charge < -0.3 is 14.3 Å². The fourth-order valence-corrected chi connectivity index (χ4v) is 2.78. The second-order valence-corrected chi connectivity index (χ2v) is 6.21. The normalized spacial score (nSPS) is 24.3. The van der Waals surface area contributed by atoms with Crippen molar-refractivity contribution in [2.75, 3.05) is 13.2 Å². The van der Waals surface area contributed by atoms with Crippen LogP contribution < -0.4 is 0 Å². The Balaban J connectivity index is 1.91. The fourth-order valence-electron chi connectivity index (χ4n) is 2.78. The van der Waals surface area contributed by atoms with Crippen LogP contribution in [0.15, 0.2) is 42.5 Å². The first-order valence-corrected chi connectivity index (χ1v) is 8.02. The molecule has 4 nitrogen and oxygen atoms in total.